The van der Waals surface area contributed by atoms with E-state index in [0.29, 0.717) is 6.61 Å². The number of likely N-dealkylation sites (N-methyl/N-ethyl adjacent to an activating group) is 1. The Hall–Kier alpha value is -0.770. The van der Waals surface area contributed by atoms with Gasteiger partial charge in [-0.15, -0.1) is 0 Å². The number of hydrogen-bond donors (Lipinski definition) is 1. The number of nitrogens with zero attached hydrogens (tertiary/aromatic N) is 1. The lowest BCUT2D eigenvalue weighted by Crippen LogP contribution is -2.34. The van der Waals surface area contributed by atoms with E-state index >= 15 is 0 Å². The molecule has 0 radical (unpaired) electrons. The van der Waals surface area contributed by atoms with Gasteiger partial charge in [-0.1, -0.05) is 0 Å². The fourth-order valence-electron chi connectivity index (χ4n) is 1.19. The molecule has 4 nitrogen and oxygen atoms in total. The van der Waals surface area contributed by atoms with Crippen LogP contribution in [0, 0.1) is 0 Å². The second-order valence-corrected chi connectivity index (χ2v) is 4.45. The van der Waals surface area contributed by atoms with E-state index in [2.05, 4.69) is 5.32 Å². The second-order valence-electron chi connectivity index (χ2n) is 4.45. The maximum absolute atomic E-state index is 11.1. The first-order valence-electron chi connectivity index (χ1n) is 4.54. The summed E-state index contributed by atoms with van der Waals surface area (Å²) < 4.78 is 5.57. The third-order valence-electron chi connectivity index (χ3n) is 1.89. The molecule has 0 saturated carbocycles. The molecule has 76 valence electrons. The lowest BCUT2D eigenvalue weighted by atomic mass is 10.2. The van der Waals surface area contributed by atoms with Crippen LogP contribution in [-0.4, -0.2) is 42.8 Å². The summed E-state index contributed by atoms with van der Waals surface area (Å²) in [5.74, 6) is 0. The van der Waals surface area contributed by atoms with Gasteiger partial charge in [0.2, 0.25) is 0 Å². The predicted molar refractivity (Wildman–Crippen MR) is 50.7 cm³/mol. The summed E-state index contributed by atoms with van der Waals surface area (Å²) in [7, 11) is 1.78. The van der Waals surface area contributed by atoms with Crippen LogP contribution in [-0.2, 0) is 4.74 Å². The molecule has 0 bridgehead atoms. The first-order chi connectivity index (χ1) is 5.88. The number of carbonyl (C=O) groups excluding carboxylic acids is 1. The van der Waals surface area contributed by atoms with Gasteiger partial charge in [-0.25, -0.2) is 4.79 Å². The van der Waals surface area contributed by atoms with Crippen molar-refractivity contribution in [3.63, 3.8) is 0 Å². The summed E-state index contributed by atoms with van der Waals surface area (Å²) in [6.07, 6.45) is 0. The summed E-state index contributed by atoms with van der Waals surface area (Å²) in [5, 5.41) is 2.84. The number of amides is 2. The Labute approximate surface area is 79.2 Å². The Kier molecular flexibility index (Phi) is 2.81. The summed E-state index contributed by atoms with van der Waals surface area (Å²) >= 11 is 0. The fraction of sp³-hybridized carbons (Fsp3) is 0.889. The molecule has 1 saturated heterocycles. The van der Waals surface area contributed by atoms with Gasteiger partial charge in [0.05, 0.1) is 18.2 Å². The molecular weight excluding hydrogens is 168 g/mol. The van der Waals surface area contributed by atoms with Crippen LogP contribution in [0.1, 0.15) is 20.8 Å². The van der Waals surface area contributed by atoms with Crippen LogP contribution >= 0.6 is 0 Å². The highest BCUT2D eigenvalue weighted by molar-refractivity contribution is 5.76. The van der Waals surface area contributed by atoms with E-state index in [1.165, 1.54) is 0 Å². The van der Waals surface area contributed by atoms with E-state index in [1.54, 1.807) is 11.9 Å². The number of urea groups is 1. The molecule has 0 aromatic rings. The van der Waals surface area contributed by atoms with E-state index in [0.717, 1.165) is 6.54 Å². The van der Waals surface area contributed by atoms with Crippen LogP contribution in [0.15, 0.2) is 0 Å². The minimum atomic E-state index is -0.133. The zero-order valence-electron chi connectivity index (χ0n) is 8.76. The van der Waals surface area contributed by atoms with Gasteiger partial charge >= 0.3 is 6.03 Å². The third kappa shape index (κ3) is 3.22. The van der Waals surface area contributed by atoms with Crippen molar-refractivity contribution in [2.45, 2.75) is 32.4 Å². The first kappa shape index (κ1) is 10.3. The van der Waals surface area contributed by atoms with Crippen molar-refractivity contribution in [3.05, 3.63) is 0 Å². The van der Waals surface area contributed by atoms with Gasteiger partial charge < -0.3 is 15.0 Å². The molecule has 13 heavy (non-hydrogen) atoms. The highest BCUT2D eigenvalue weighted by Gasteiger charge is 2.26. The highest BCUT2D eigenvalue weighted by atomic mass is 16.5. The zero-order chi connectivity index (χ0) is 10.1. The smallest absolute Gasteiger partial charge is 0.317 e. The SMILES string of the molecule is CN1C[C@@H](COC(C)(C)C)NC1=O. The van der Waals surface area contributed by atoms with Crippen molar-refractivity contribution in [3.8, 4) is 0 Å². The Morgan fingerprint density at radius 1 is 1.62 bits per heavy atom. The molecule has 0 aliphatic carbocycles. The van der Waals surface area contributed by atoms with Gasteiger partial charge in [0.1, 0.15) is 0 Å². The average Bonchev–Trinajstić information content (AvgIpc) is 2.27. The minimum Gasteiger partial charge on any atom is -0.374 e. The van der Waals surface area contributed by atoms with Crippen molar-refractivity contribution < 1.29 is 9.53 Å². The predicted octanol–water partition coefficient (Wildman–Crippen LogP) is 0.825. The van der Waals surface area contributed by atoms with Crippen LogP contribution < -0.4 is 5.32 Å². The molecule has 1 aliphatic heterocycles. The summed E-state index contributed by atoms with van der Waals surface area (Å²) in [4.78, 5) is 12.7. The summed E-state index contributed by atoms with van der Waals surface area (Å²) in [6.45, 7) is 7.34. The summed E-state index contributed by atoms with van der Waals surface area (Å²) in [6, 6.07) is 0.124. The van der Waals surface area contributed by atoms with E-state index in [-0.39, 0.29) is 17.7 Å². The first-order valence-corrected chi connectivity index (χ1v) is 4.54. The Morgan fingerprint density at radius 2 is 2.23 bits per heavy atom. The van der Waals surface area contributed by atoms with Gasteiger partial charge in [0, 0.05) is 13.6 Å². The highest BCUT2D eigenvalue weighted by Crippen LogP contribution is 2.09. The van der Waals surface area contributed by atoms with Gasteiger partial charge in [-0.3, -0.25) is 0 Å². The Bertz CT molecular complexity index is 198. The molecule has 1 rings (SSSR count). The van der Waals surface area contributed by atoms with Crippen LogP contribution in [0.2, 0.25) is 0 Å². The van der Waals surface area contributed by atoms with Gasteiger partial charge in [-0.2, -0.15) is 0 Å². The molecule has 0 aromatic carbocycles. The summed E-state index contributed by atoms with van der Waals surface area (Å²) in [5.41, 5.74) is -0.133. The van der Waals surface area contributed by atoms with E-state index in [4.69, 9.17) is 4.74 Å². The largest absolute Gasteiger partial charge is 0.374 e. The van der Waals surface area contributed by atoms with Crippen molar-refractivity contribution in [1.29, 1.82) is 0 Å². The van der Waals surface area contributed by atoms with E-state index in [1.807, 2.05) is 20.8 Å². The molecule has 0 aromatic heterocycles. The Morgan fingerprint density at radius 3 is 2.62 bits per heavy atom. The second kappa shape index (κ2) is 3.54. The normalized spacial score (nSPS) is 23.5. The topological polar surface area (TPSA) is 41.6 Å². The molecule has 1 N–H and O–H groups in total. The van der Waals surface area contributed by atoms with Gasteiger partial charge in [-0.05, 0) is 20.8 Å². The fourth-order valence-corrected chi connectivity index (χ4v) is 1.19. The minimum absolute atomic E-state index is 0.0116. The lowest BCUT2D eigenvalue weighted by molar-refractivity contribution is -0.0112. The van der Waals surface area contributed by atoms with Gasteiger partial charge in [0.15, 0.2) is 0 Å². The molecule has 1 fully saturated rings. The molecule has 0 spiro atoms. The van der Waals surface area contributed by atoms with Crippen molar-refractivity contribution >= 4 is 6.03 Å². The van der Waals surface area contributed by atoms with E-state index < -0.39 is 0 Å². The number of carbonyl (C=O) groups is 1. The monoisotopic (exact) mass is 186 g/mol. The zero-order valence-corrected chi connectivity index (χ0v) is 8.76. The average molecular weight is 186 g/mol. The van der Waals surface area contributed by atoms with Crippen molar-refractivity contribution in [1.82, 2.24) is 10.2 Å². The van der Waals surface area contributed by atoms with Gasteiger partial charge in [0.25, 0.3) is 0 Å². The molecule has 1 atom stereocenters. The standard InChI is InChI=1S/C9H18N2O2/c1-9(2,3)13-6-7-5-11(4)8(12)10-7/h7H,5-6H2,1-4H3,(H,10,12)/t7-/m0/s1. The number of rotatable bonds is 2. The quantitative estimate of drug-likeness (QED) is 0.694. The molecule has 1 heterocycles. The molecule has 2 amide bonds. The number of ether oxygens (including phenoxy) is 1. The third-order valence-corrected chi connectivity index (χ3v) is 1.89. The molecule has 0 unspecified atom stereocenters. The molecular formula is C9H18N2O2. The van der Waals surface area contributed by atoms with Crippen LogP contribution in [0.5, 0.6) is 0 Å². The van der Waals surface area contributed by atoms with E-state index in [9.17, 15) is 4.79 Å². The molecule has 4 heteroatoms. The lowest BCUT2D eigenvalue weighted by Gasteiger charge is -2.21. The maximum Gasteiger partial charge on any atom is 0.317 e. The van der Waals surface area contributed by atoms with Crippen molar-refractivity contribution in [2.24, 2.45) is 0 Å². The maximum atomic E-state index is 11.1. The molecule has 1 aliphatic rings. The Balaban J connectivity index is 2.29. The van der Waals surface area contributed by atoms with Crippen molar-refractivity contribution in [2.75, 3.05) is 20.2 Å². The van der Waals surface area contributed by atoms with Crippen LogP contribution in [0.3, 0.4) is 0 Å². The van der Waals surface area contributed by atoms with Crippen LogP contribution in [0.25, 0.3) is 0 Å². The number of hydrogen-bond acceptors (Lipinski definition) is 2. The van der Waals surface area contributed by atoms with Crippen LogP contribution in [0.4, 0.5) is 4.79 Å². The number of nitrogens with one attached hydrogen (secondary N) is 1.